The van der Waals surface area contributed by atoms with Crippen molar-refractivity contribution in [3.05, 3.63) is 214 Å². The fraction of sp³-hybridized carbons (Fsp3) is 0.270. The molecule has 0 N–H and O–H groups in total. The summed E-state index contributed by atoms with van der Waals surface area (Å²) in [7, 11) is 0. The van der Waals surface area contributed by atoms with Crippen LogP contribution < -0.4 is 0 Å². The summed E-state index contributed by atoms with van der Waals surface area (Å²) < 4.78 is 2.55. The van der Waals surface area contributed by atoms with Crippen molar-refractivity contribution in [1.82, 2.24) is 4.57 Å². The molecule has 0 radical (unpaired) electrons. The van der Waals surface area contributed by atoms with Gasteiger partial charge < -0.3 is 4.57 Å². The van der Waals surface area contributed by atoms with E-state index in [2.05, 4.69) is 233 Å². The lowest BCUT2D eigenvalue weighted by molar-refractivity contribution is 0.602. The highest BCUT2D eigenvalue weighted by atomic mass is 15.0. The van der Waals surface area contributed by atoms with Gasteiger partial charge in [-0.2, -0.15) is 0 Å². The SMILES string of the molecule is CCCCCCc1ccc(-c2c3ccc(-c4ccc(/C=C/c5ccc6c(c5)c5cc(/C=C/c7ccc(C)cc7)ccc5n6CCCCCC)cc4)cc3c(-c3ccc(CCCCCC)cc3)c3ccc(C)cc23)cc1. The Hall–Kier alpha value is -7.22. The molecule has 0 fully saturated rings. The van der Waals surface area contributed by atoms with Gasteiger partial charge in [-0.3, -0.25) is 0 Å². The predicted octanol–water partition coefficient (Wildman–Crippen LogP) is 21.9. The Morgan fingerprint density at radius 1 is 0.307 bits per heavy atom. The summed E-state index contributed by atoms with van der Waals surface area (Å²) in [6.45, 7) is 12.3. The molecule has 75 heavy (non-hydrogen) atoms. The van der Waals surface area contributed by atoms with Crippen LogP contribution in [0.15, 0.2) is 170 Å². The number of aryl methyl sites for hydroxylation is 5. The maximum atomic E-state index is 2.55. The predicted molar refractivity (Wildman–Crippen MR) is 331 cm³/mol. The molecule has 9 aromatic carbocycles. The summed E-state index contributed by atoms with van der Waals surface area (Å²) in [6, 6.07) is 65.3. The average molecular weight is 980 g/mol. The van der Waals surface area contributed by atoms with E-state index in [0.717, 1.165) is 19.4 Å². The molecule has 10 rings (SSSR count). The summed E-state index contributed by atoms with van der Waals surface area (Å²) >= 11 is 0. The quantitative estimate of drug-likeness (QED) is 0.0362. The third-order valence-electron chi connectivity index (χ3n) is 15.8. The van der Waals surface area contributed by atoms with Gasteiger partial charge in [0.25, 0.3) is 0 Å². The van der Waals surface area contributed by atoms with Crippen LogP contribution in [0.4, 0.5) is 0 Å². The Morgan fingerprint density at radius 3 is 1.24 bits per heavy atom. The van der Waals surface area contributed by atoms with E-state index in [1.807, 2.05) is 0 Å². The van der Waals surface area contributed by atoms with Crippen molar-refractivity contribution in [2.45, 2.75) is 131 Å². The van der Waals surface area contributed by atoms with Crippen LogP contribution in [-0.2, 0) is 19.4 Å². The van der Waals surface area contributed by atoms with E-state index in [-0.39, 0.29) is 0 Å². The Kier molecular flexibility index (Phi) is 16.7. The maximum absolute atomic E-state index is 2.55. The van der Waals surface area contributed by atoms with Gasteiger partial charge in [-0.25, -0.2) is 0 Å². The second-order valence-corrected chi connectivity index (χ2v) is 21.5. The summed E-state index contributed by atoms with van der Waals surface area (Å²) in [5.41, 5.74) is 20.6. The molecule has 10 aromatic rings. The first-order valence-electron chi connectivity index (χ1n) is 28.7. The molecule has 378 valence electrons. The molecule has 0 atom stereocenters. The number of hydrogen-bond acceptors (Lipinski definition) is 0. The zero-order valence-corrected chi connectivity index (χ0v) is 45.5. The summed E-state index contributed by atoms with van der Waals surface area (Å²) in [4.78, 5) is 0. The van der Waals surface area contributed by atoms with Crippen LogP contribution in [0.5, 0.6) is 0 Å². The van der Waals surface area contributed by atoms with E-state index in [4.69, 9.17) is 0 Å². The Balaban J connectivity index is 0.986. The van der Waals surface area contributed by atoms with Crippen molar-refractivity contribution >= 4 is 67.7 Å². The number of aromatic nitrogens is 1. The van der Waals surface area contributed by atoms with Crippen LogP contribution >= 0.6 is 0 Å². The lowest BCUT2D eigenvalue weighted by atomic mass is 9.84. The number of hydrogen-bond donors (Lipinski definition) is 0. The molecule has 1 heterocycles. The van der Waals surface area contributed by atoms with Crippen molar-refractivity contribution in [3.63, 3.8) is 0 Å². The molecule has 1 heteroatoms. The number of unbranched alkanes of at least 4 members (excludes halogenated alkanes) is 9. The first kappa shape index (κ1) is 51.3. The summed E-state index contributed by atoms with van der Waals surface area (Å²) in [5, 5.41) is 7.87. The van der Waals surface area contributed by atoms with E-state index >= 15 is 0 Å². The fourth-order valence-corrected chi connectivity index (χ4v) is 11.5. The van der Waals surface area contributed by atoms with Crippen LogP contribution in [0.2, 0.25) is 0 Å². The number of benzene rings is 9. The van der Waals surface area contributed by atoms with E-state index < -0.39 is 0 Å². The molecule has 0 saturated carbocycles. The Bertz CT molecular complexity index is 3580. The minimum absolute atomic E-state index is 1.04. The number of fused-ring (bicyclic) bond motifs is 5. The molecule has 0 spiro atoms. The third kappa shape index (κ3) is 12.0. The maximum Gasteiger partial charge on any atom is 0.0491 e. The molecule has 1 nitrogen and oxygen atoms in total. The highest BCUT2D eigenvalue weighted by Gasteiger charge is 2.19. The molecular weight excluding hydrogens is 903 g/mol. The molecule has 0 bridgehead atoms. The van der Waals surface area contributed by atoms with Gasteiger partial charge in [0.2, 0.25) is 0 Å². The molecule has 0 aliphatic heterocycles. The molecule has 0 amide bonds. The fourth-order valence-electron chi connectivity index (χ4n) is 11.5. The van der Waals surface area contributed by atoms with Gasteiger partial charge in [-0.05, 0) is 165 Å². The van der Waals surface area contributed by atoms with Gasteiger partial charge in [-0.15, -0.1) is 0 Å². The van der Waals surface area contributed by atoms with E-state index in [9.17, 15) is 0 Å². The minimum Gasteiger partial charge on any atom is -0.340 e. The van der Waals surface area contributed by atoms with Crippen molar-refractivity contribution in [3.8, 4) is 33.4 Å². The van der Waals surface area contributed by atoms with Gasteiger partial charge in [0.05, 0.1) is 0 Å². The second-order valence-electron chi connectivity index (χ2n) is 21.5. The number of nitrogens with zero attached hydrogens (tertiary/aromatic N) is 1. The van der Waals surface area contributed by atoms with Crippen LogP contribution in [0.1, 0.15) is 142 Å². The average Bonchev–Trinajstić information content (AvgIpc) is 3.77. The molecule has 0 aliphatic carbocycles. The highest BCUT2D eigenvalue weighted by Crippen LogP contribution is 2.45. The zero-order chi connectivity index (χ0) is 51.5. The molecule has 1 aromatic heterocycles. The van der Waals surface area contributed by atoms with Crippen LogP contribution in [0.25, 0.3) is 101 Å². The van der Waals surface area contributed by atoms with Gasteiger partial charge in [-0.1, -0.05) is 254 Å². The smallest absolute Gasteiger partial charge is 0.0491 e. The zero-order valence-electron chi connectivity index (χ0n) is 45.5. The van der Waals surface area contributed by atoms with Gasteiger partial charge in [0, 0.05) is 28.4 Å². The topological polar surface area (TPSA) is 4.93 Å². The second kappa shape index (κ2) is 24.4. The lowest BCUT2D eigenvalue weighted by Gasteiger charge is -2.20. The first-order chi connectivity index (χ1) is 36.9. The van der Waals surface area contributed by atoms with E-state index in [1.54, 1.807) is 0 Å². The monoisotopic (exact) mass is 980 g/mol. The standard InChI is InChI=1S/C74H77N/c1-6-9-12-15-18-55-31-39-62(40-32-55)73-66-45-43-64(52-70(66)74(65-44-22-54(5)49-69(65)73)63-41-33-56(34-42-63)19-16-13-10-7-2)61-37-29-58(30-38-61)26-28-60-36-47-72-68(51-60)67-50-59(27-25-57-23-20-53(4)21-24-57)35-46-71(67)75(72)48-17-14-11-8-3/h20-47,49-52H,6-19,48H2,1-5H3/b27-25+,28-26+. The molecular formula is C74H77N. The van der Waals surface area contributed by atoms with Crippen molar-refractivity contribution in [2.75, 3.05) is 0 Å². The van der Waals surface area contributed by atoms with Crippen molar-refractivity contribution < 1.29 is 0 Å². The van der Waals surface area contributed by atoms with Crippen LogP contribution in [0.3, 0.4) is 0 Å². The van der Waals surface area contributed by atoms with Gasteiger partial charge in [0.1, 0.15) is 0 Å². The number of rotatable bonds is 22. The lowest BCUT2D eigenvalue weighted by Crippen LogP contribution is -1.97. The molecule has 0 saturated heterocycles. The Labute approximate surface area is 448 Å². The van der Waals surface area contributed by atoms with E-state index in [1.165, 1.54) is 198 Å². The molecule has 0 unspecified atom stereocenters. The minimum atomic E-state index is 1.04. The van der Waals surface area contributed by atoms with Crippen LogP contribution in [0, 0.1) is 13.8 Å². The highest BCUT2D eigenvalue weighted by molar-refractivity contribution is 6.22. The third-order valence-corrected chi connectivity index (χ3v) is 15.8. The van der Waals surface area contributed by atoms with Gasteiger partial charge >= 0.3 is 0 Å². The summed E-state index contributed by atoms with van der Waals surface area (Å²) in [6.07, 6.45) is 26.5. The first-order valence-corrected chi connectivity index (χ1v) is 28.7. The van der Waals surface area contributed by atoms with Crippen molar-refractivity contribution in [1.29, 1.82) is 0 Å². The normalized spacial score (nSPS) is 12.0. The van der Waals surface area contributed by atoms with E-state index in [0.29, 0.717) is 0 Å². The Morgan fingerprint density at radius 2 is 0.720 bits per heavy atom. The van der Waals surface area contributed by atoms with Crippen molar-refractivity contribution in [2.24, 2.45) is 0 Å². The van der Waals surface area contributed by atoms with Gasteiger partial charge in [0.15, 0.2) is 0 Å². The molecule has 0 aliphatic rings. The summed E-state index contributed by atoms with van der Waals surface area (Å²) in [5.74, 6) is 0. The largest absolute Gasteiger partial charge is 0.340 e. The van der Waals surface area contributed by atoms with Crippen LogP contribution in [-0.4, -0.2) is 4.57 Å².